The van der Waals surface area contributed by atoms with Crippen LogP contribution in [0.4, 0.5) is 14.9 Å². The number of thiophene rings is 1. The lowest BCUT2D eigenvalue weighted by Gasteiger charge is -2.32. The third kappa shape index (κ3) is 3.77. The molecule has 5 heterocycles. The van der Waals surface area contributed by atoms with Crippen molar-refractivity contribution in [2.75, 3.05) is 25.7 Å². The zero-order valence-electron chi connectivity index (χ0n) is 20.2. The second-order valence-electron chi connectivity index (χ2n) is 9.66. The number of urea groups is 1. The maximum absolute atomic E-state index is 14.0. The van der Waals surface area contributed by atoms with Gasteiger partial charge in [-0.15, -0.1) is 11.3 Å². The summed E-state index contributed by atoms with van der Waals surface area (Å²) in [5, 5.41) is 4.23. The van der Waals surface area contributed by atoms with Gasteiger partial charge in [-0.1, -0.05) is 12.1 Å². The number of ether oxygens (including phenoxy) is 2. The standard InChI is InChI=1S/C28H25FN4O3S/c1-31-12-10-20-21-14-33(28(34)30-19-8-9-23-24(13-19)36-16-35-23)26(17-4-6-18(29)7-5-17)22-3-2-11-32(22)27(21)37-25(20)15-31/h2-9,11,13,26H,10,12,14-16H2,1H3,(H,30,34). The number of rotatable bonds is 2. The average Bonchev–Trinajstić information content (AvgIpc) is 3.61. The Hall–Kier alpha value is -3.82. The SMILES string of the molecule is CN1CCc2c(sc3c2CN(C(=O)Nc2ccc4c(c2)OCO4)C(c2ccc(F)cc2)c2cccn2-3)C1. The van der Waals surface area contributed by atoms with Crippen LogP contribution in [0.15, 0.2) is 60.8 Å². The van der Waals surface area contributed by atoms with Crippen LogP contribution >= 0.6 is 11.3 Å². The molecule has 0 fully saturated rings. The number of fused-ring (bicyclic) bond motifs is 6. The van der Waals surface area contributed by atoms with Crippen molar-refractivity contribution in [2.24, 2.45) is 0 Å². The minimum atomic E-state index is -0.397. The maximum Gasteiger partial charge on any atom is 0.322 e. The molecule has 9 heteroatoms. The van der Waals surface area contributed by atoms with E-state index in [1.807, 2.05) is 17.0 Å². The molecule has 2 aromatic heterocycles. The summed E-state index contributed by atoms with van der Waals surface area (Å²) < 4.78 is 27.0. The lowest BCUT2D eigenvalue weighted by molar-refractivity contribution is 0.174. The van der Waals surface area contributed by atoms with E-state index in [0.29, 0.717) is 23.7 Å². The summed E-state index contributed by atoms with van der Waals surface area (Å²) >= 11 is 1.81. The number of aromatic nitrogens is 1. The molecule has 2 amide bonds. The summed E-state index contributed by atoms with van der Waals surface area (Å²) in [5.41, 5.74) is 4.99. The predicted octanol–water partition coefficient (Wildman–Crippen LogP) is 5.53. The number of carbonyl (C=O) groups excluding carboxylic acids is 1. The van der Waals surface area contributed by atoms with Crippen molar-refractivity contribution in [3.8, 4) is 16.5 Å². The number of nitrogens with one attached hydrogen (secondary N) is 1. The topological polar surface area (TPSA) is 59.0 Å². The van der Waals surface area contributed by atoms with Crippen LogP contribution in [-0.4, -0.2) is 40.8 Å². The fourth-order valence-electron chi connectivity index (χ4n) is 5.52. The Morgan fingerprint density at radius 1 is 1.05 bits per heavy atom. The summed E-state index contributed by atoms with van der Waals surface area (Å²) in [5.74, 6) is 0.964. The van der Waals surface area contributed by atoms with Crippen LogP contribution in [0.5, 0.6) is 11.5 Å². The van der Waals surface area contributed by atoms with Crippen molar-refractivity contribution < 1.29 is 18.7 Å². The number of hydrogen-bond acceptors (Lipinski definition) is 5. The van der Waals surface area contributed by atoms with Gasteiger partial charge in [0.05, 0.1) is 18.3 Å². The van der Waals surface area contributed by atoms with E-state index >= 15 is 0 Å². The molecule has 0 spiro atoms. The zero-order valence-corrected chi connectivity index (χ0v) is 21.1. The highest BCUT2D eigenvalue weighted by Gasteiger charge is 2.36. The van der Waals surface area contributed by atoms with Crippen LogP contribution in [0, 0.1) is 5.82 Å². The maximum atomic E-state index is 14.0. The first kappa shape index (κ1) is 22.4. The number of carbonyl (C=O) groups is 1. The third-order valence-electron chi connectivity index (χ3n) is 7.33. The molecule has 7 rings (SSSR count). The lowest BCUT2D eigenvalue weighted by Crippen LogP contribution is -2.38. The van der Waals surface area contributed by atoms with E-state index in [0.717, 1.165) is 35.8 Å². The summed E-state index contributed by atoms with van der Waals surface area (Å²) in [6.45, 7) is 2.52. The molecule has 0 radical (unpaired) electrons. The fraction of sp³-hybridized carbons (Fsp3) is 0.250. The van der Waals surface area contributed by atoms with Crippen LogP contribution in [0.1, 0.15) is 33.3 Å². The first-order chi connectivity index (χ1) is 18.0. The fourth-order valence-corrected chi connectivity index (χ4v) is 6.96. The summed E-state index contributed by atoms with van der Waals surface area (Å²) in [7, 11) is 2.14. The minimum Gasteiger partial charge on any atom is -0.454 e. The van der Waals surface area contributed by atoms with Gasteiger partial charge in [-0.2, -0.15) is 0 Å². The molecule has 0 bridgehead atoms. The molecule has 37 heavy (non-hydrogen) atoms. The Labute approximate surface area is 217 Å². The van der Waals surface area contributed by atoms with Crippen molar-refractivity contribution in [1.29, 1.82) is 0 Å². The van der Waals surface area contributed by atoms with Crippen LogP contribution < -0.4 is 14.8 Å². The van der Waals surface area contributed by atoms with Crippen LogP contribution in [-0.2, 0) is 19.5 Å². The number of hydrogen-bond donors (Lipinski definition) is 1. The Morgan fingerprint density at radius 2 is 1.89 bits per heavy atom. The molecule has 1 unspecified atom stereocenters. The molecule has 3 aliphatic rings. The predicted molar refractivity (Wildman–Crippen MR) is 139 cm³/mol. The van der Waals surface area contributed by atoms with Crippen LogP contribution in [0.2, 0.25) is 0 Å². The third-order valence-corrected chi connectivity index (χ3v) is 8.58. The monoisotopic (exact) mass is 516 g/mol. The van der Waals surface area contributed by atoms with Gasteiger partial charge in [-0.3, -0.25) is 0 Å². The number of anilines is 1. The molecule has 0 saturated heterocycles. The van der Waals surface area contributed by atoms with Crippen molar-refractivity contribution >= 4 is 23.1 Å². The molecule has 0 saturated carbocycles. The van der Waals surface area contributed by atoms with E-state index in [1.165, 1.54) is 28.1 Å². The van der Waals surface area contributed by atoms with E-state index in [2.05, 4.69) is 34.1 Å². The van der Waals surface area contributed by atoms with Crippen molar-refractivity contribution in [3.63, 3.8) is 0 Å². The molecule has 188 valence electrons. The van der Waals surface area contributed by atoms with E-state index in [1.54, 1.807) is 35.6 Å². The van der Waals surface area contributed by atoms with Gasteiger partial charge in [-0.25, -0.2) is 9.18 Å². The van der Waals surface area contributed by atoms with Gasteiger partial charge in [0, 0.05) is 41.5 Å². The van der Waals surface area contributed by atoms with Gasteiger partial charge < -0.3 is 29.2 Å². The van der Waals surface area contributed by atoms with Gasteiger partial charge in [0.15, 0.2) is 11.5 Å². The van der Waals surface area contributed by atoms with Crippen molar-refractivity contribution in [2.45, 2.75) is 25.6 Å². The largest absolute Gasteiger partial charge is 0.454 e. The van der Waals surface area contributed by atoms with Gasteiger partial charge in [0.25, 0.3) is 0 Å². The van der Waals surface area contributed by atoms with E-state index in [9.17, 15) is 9.18 Å². The van der Waals surface area contributed by atoms with E-state index in [4.69, 9.17) is 9.47 Å². The van der Waals surface area contributed by atoms with E-state index < -0.39 is 6.04 Å². The number of amides is 2. The van der Waals surface area contributed by atoms with Gasteiger partial charge in [0.1, 0.15) is 10.8 Å². The van der Waals surface area contributed by atoms with Crippen molar-refractivity contribution in [3.05, 3.63) is 93.9 Å². The van der Waals surface area contributed by atoms with E-state index in [-0.39, 0.29) is 18.6 Å². The quantitative estimate of drug-likeness (QED) is 0.381. The molecule has 7 nitrogen and oxygen atoms in total. The molecule has 0 aliphatic carbocycles. The van der Waals surface area contributed by atoms with Crippen molar-refractivity contribution in [1.82, 2.24) is 14.4 Å². The van der Waals surface area contributed by atoms with Crippen LogP contribution in [0.3, 0.4) is 0 Å². The number of nitrogens with zero attached hydrogens (tertiary/aromatic N) is 3. The highest BCUT2D eigenvalue weighted by molar-refractivity contribution is 7.15. The highest BCUT2D eigenvalue weighted by atomic mass is 32.1. The minimum absolute atomic E-state index is 0.170. The smallest absolute Gasteiger partial charge is 0.322 e. The molecule has 1 atom stereocenters. The normalized spacial score (nSPS) is 18.1. The number of halogens is 1. The average molecular weight is 517 g/mol. The summed E-state index contributed by atoms with van der Waals surface area (Å²) in [6.07, 6.45) is 3.02. The van der Waals surface area contributed by atoms with Gasteiger partial charge in [0.2, 0.25) is 6.79 Å². The van der Waals surface area contributed by atoms with Gasteiger partial charge >= 0.3 is 6.03 Å². The lowest BCUT2D eigenvalue weighted by atomic mass is 10.0. The first-order valence-electron chi connectivity index (χ1n) is 12.3. The number of benzene rings is 2. The van der Waals surface area contributed by atoms with Crippen LogP contribution in [0.25, 0.3) is 5.00 Å². The molecule has 4 aromatic rings. The highest BCUT2D eigenvalue weighted by Crippen LogP contribution is 2.44. The molecular formula is C28H25FN4O3S. The number of likely N-dealkylation sites (N-methyl/N-ethyl adjacent to an activating group) is 1. The Kier molecular flexibility index (Phi) is 5.23. The Balaban J connectivity index is 1.34. The molecular weight excluding hydrogens is 491 g/mol. The summed E-state index contributed by atoms with van der Waals surface area (Å²) in [4.78, 5) is 19.6. The first-order valence-corrected chi connectivity index (χ1v) is 13.1. The molecule has 3 aliphatic heterocycles. The molecule has 1 N–H and O–H groups in total. The Bertz CT molecular complexity index is 1510. The Morgan fingerprint density at radius 3 is 2.76 bits per heavy atom. The second-order valence-corrected chi connectivity index (χ2v) is 10.7. The second kappa shape index (κ2) is 8.64. The summed E-state index contributed by atoms with van der Waals surface area (Å²) in [6, 6.07) is 15.3. The molecule has 2 aromatic carbocycles. The van der Waals surface area contributed by atoms with Gasteiger partial charge in [-0.05, 0) is 61.0 Å². The zero-order chi connectivity index (χ0) is 25.1.